The second kappa shape index (κ2) is 4.82. The van der Waals surface area contributed by atoms with Crippen LogP contribution in [0.15, 0.2) is 23.1 Å². The zero-order valence-corrected chi connectivity index (χ0v) is 9.82. The molecule has 3 N–H and O–H groups in total. The van der Waals surface area contributed by atoms with Crippen molar-refractivity contribution in [3.8, 4) is 0 Å². The molecule has 1 aromatic carbocycles. The number of sulfone groups is 1. The van der Waals surface area contributed by atoms with Crippen molar-refractivity contribution in [2.75, 3.05) is 5.32 Å². The van der Waals surface area contributed by atoms with Gasteiger partial charge in [0, 0.05) is 0 Å². The molecule has 89 valence electrons. The van der Waals surface area contributed by atoms with Gasteiger partial charge in [0.15, 0.2) is 5.44 Å². The maximum atomic E-state index is 11.7. The van der Waals surface area contributed by atoms with Gasteiger partial charge >= 0.3 is 0 Å². The molecule has 0 spiro atoms. The van der Waals surface area contributed by atoms with Crippen LogP contribution >= 0.6 is 0 Å². The molecule has 0 bridgehead atoms. The van der Waals surface area contributed by atoms with E-state index in [2.05, 4.69) is 11.4 Å². The molecule has 0 amide bonds. The summed E-state index contributed by atoms with van der Waals surface area (Å²) in [6, 6.07) is 6.87. The minimum Gasteiger partial charge on any atom is -0.377 e. The first-order chi connectivity index (χ1) is 7.35. The second-order valence-corrected chi connectivity index (χ2v) is 5.60. The van der Waals surface area contributed by atoms with E-state index in [9.17, 15) is 13.5 Å². The van der Waals surface area contributed by atoms with Gasteiger partial charge in [0.25, 0.3) is 0 Å². The van der Waals surface area contributed by atoms with Gasteiger partial charge in [-0.1, -0.05) is 6.07 Å². The highest BCUT2D eigenvalue weighted by molar-refractivity contribution is 7.92. The second-order valence-electron chi connectivity index (χ2n) is 3.39. The molecule has 1 rings (SSSR count). The summed E-state index contributed by atoms with van der Waals surface area (Å²) in [5.41, 5.74) is -1.26. The summed E-state index contributed by atoms with van der Waals surface area (Å²) in [4.78, 5) is -0.0779. The molecule has 1 radical (unpaired) electrons. The Balaban J connectivity index is 3.24. The molecule has 0 aromatic heterocycles. The highest BCUT2D eigenvalue weighted by Gasteiger charge is 2.24. The van der Waals surface area contributed by atoms with E-state index in [-0.39, 0.29) is 10.6 Å². The molecule has 5 nitrogen and oxygen atoms in total. The largest absolute Gasteiger partial charge is 0.377 e. The number of aliphatic hydroxyl groups is 2. The first kappa shape index (κ1) is 13.0. The summed E-state index contributed by atoms with van der Waals surface area (Å²) in [6.07, 6.45) is -0.884. The van der Waals surface area contributed by atoms with Crippen LogP contribution in [0.5, 0.6) is 0 Å². The van der Waals surface area contributed by atoms with Crippen molar-refractivity contribution in [1.82, 2.24) is 0 Å². The molecule has 6 heteroatoms. The van der Waals surface area contributed by atoms with Gasteiger partial charge < -0.3 is 15.5 Å². The van der Waals surface area contributed by atoms with Gasteiger partial charge in [0.05, 0.1) is 10.6 Å². The van der Waals surface area contributed by atoms with Crippen molar-refractivity contribution < 1.29 is 18.6 Å². The minimum absolute atomic E-state index is 0.0779. The fourth-order valence-electron chi connectivity index (χ4n) is 1.18. The summed E-state index contributed by atoms with van der Waals surface area (Å²) in [6.45, 7) is 2.64. The third-order valence-electron chi connectivity index (χ3n) is 1.95. The minimum atomic E-state index is -3.80. The SMILES string of the molecule is CC(O)Nc1cc[c]cc1S(=O)(=O)C(C)O. The topological polar surface area (TPSA) is 86.6 Å². The molecule has 0 aliphatic heterocycles. The van der Waals surface area contributed by atoms with Crippen LogP contribution in [-0.4, -0.2) is 30.3 Å². The normalized spacial score (nSPS) is 15.5. The van der Waals surface area contributed by atoms with E-state index < -0.39 is 21.5 Å². The molecule has 16 heavy (non-hydrogen) atoms. The summed E-state index contributed by atoms with van der Waals surface area (Å²) < 4.78 is 23.5. The Morgan fingerprint density at radius 1 is 1.38 bits per heavy atom. The molecule has 2 atom stereocenters. The Labute approximate surface area is 94.7 Å². The molecule has 0 saturated heterocycles. The van der Waals surface area contributed by atoms with Gasteiger partial charge in [-0.05, 0) is 32.0 Å². The fourth-order valence-corrected chi connectivity index (χ4v) is 2.21. The smallest absolute Gasteiger partial charge is 0.206 e. The van der Waals surface area contributed by atoms with Crippen LogP contribution in [0, 0.1) is 6.07 Å². The number of hydrogen-bond acceptors (Lipinski definition) is 5. The third-order valence-corrected chi connectivity index (χ3v) is 3.80. The molecule has 0 fully saturated rings. The van der Waals surface area contributed by atoms with Crippen molar-refractivity contribution in [1.29, 1.82) is 0 Å². The van der Waals surface area contributed by atoms with Crippen molar-refractivity contribution in [3.63, 3.8) is 0 Å². The van der Waals surface area contributed by atoms with Crippen LogP contribution in [0.3, 0.4) is 0 Å². The van der Waals surface area contributed by atoms with Crippen LogP contribution in [0.2, 0.25) is 0 Å². The Morgan fingerprint density at radius 3 is 2.50 bits per heavy atom. The van der Waals surface area contributed by atoms with Gasteiger partial charge in [0.2, 0.25) is 9.84 Å². The predicted molar refractivity (Wildman–Crippen MR) is 59.4 cm³/mol. The molecule has 2 unspecified atom stereocenters. The van der Waals surface area contributed by atoms with Crippen molar-refractivity contribution in [2.45, 2.75) is 30.4 Å². The van der Waals surface area contributed by atoms with Crippen LogP contribution in [0.1, 0.15) is 13.8 Å². The van der Waals surface area contributed by atoms with E-state index in [4.69, 9.17) is 5.11 Å². The summed E-state index contributed by atoms with van der Waals surface area (Å²) in [5, 5.41) is 20.9. The Hall–Kier alpha value is -1.11. The fraction of sp³-hybridized carbons (Fsp3) is 0.400. The Morgan fingerprint density at radius 2 is 2.00 bits per heavy atom. The molecule has 0 saturated carbocycles. The number of anilines is 1. The lowest BCUT2D eigenvalue weighted by atomic mass is 10.3. The van der Waals surface area contributed by atoms with Crippen molar-refractivity contribution in [2.24, 2.45) is 0 Å². The number of aliphatic hydroxyl groups excluding tert-OH is 2. The van der Waals surface area contributed by atoms with Gasteiger partial charge in [-0.2, -0.15) is 0 Å². The van der Waals surface area contributed by atoms with Crippen molar-refractivity contribution >= 4 is 15.5 Å². The number of benzene rings is 1. The number of hydrogen-bond donors (Lipinski definition) is 3. The van der Waals surface area contributed by atoms with E-state index in [1.165, 1.54) is 32.0 Å². The van der Waals surface area contributed by atoms with E-state index in [0.717, 1.165) is 0 Å². The van der Waals surface area contributed by atoms with Crippen LogP contribution in [-0.2, 0) is 9.84 Å². The predicted octanol–water partition coefficient (Wildman–Crippen LogP) is 0.349. The van der Waals surface area contributed by atoms with Gasteiger partial charge in [-0.25, -0.2) is 8.42 Å². The lowest BCUT2D eigenvalue weighted by molar-refractivity contribution is 0.224. The van der Waals surface area contributed by atoms with E-state index >= 15 is 0 Å². The standard InChI is InChI=1S/C10H14NO4S/c1-7(12)11-9-5-3-4-6-10(9)16(14,15)8(2)13/h3,5-8,11-13H,1-2H3. The first-order valence-electron chi connectivity index (χ1n) is 4.72. The highest BCUT2D eigenvalue weighted by Crippen LogP contribution is 2.24. The summed E-state index contributed by atoms with van der Waals surface area (Å²) >= 11 is 0. The monoisotopic (exact) mass is 244 g/mol. The third kappa shape index (κ3) is 2.72. The molecule has 0 aliphatic rings. The average molecular weight is 244 g/mol. The summed E-state index contributed by atoms with van der Waals surface area (Å²) in [7, 11) is -3.80. The molecular weight excluding hydrogens is 230 g/mol. The highest BCUT2D eigenvalue weighted by atomic mass is 32.2. The summed E-state index contributed by atoms with van der Waals surface area (Å²) in [5.74, 6) is 0. The maximum absolute atomic E-state index is 11.7. The maximum Gasteiger partial charge on any atom is 0.206 e. The quantitative estimate of drug-likeness (QED) is 0.665. The van der Waals surface area contributed by atoms with Gasteiger partial charge in [-0.3, -0.25) is 0 Å². The number of rotatable bonds is 4. The lowest BCUT2D eigenvalue weighted by Crippen LogP contribution is -2.21. The van der Waals surface area contributed by atoms with E-state index in [1.807, 2.05) is 0 Å². The van der Waals surface area contributed by atoms with Crippen LogP contribution in [0.25, 0.3) is 0 Å². The van der Waals surface area contributed by atoms with Gasteiger partial charge in [0.1, 0.15) is 6.23 Å². The first-order valence-corrected chi connectivity index (χ1v) is 6.27. The molecule has 0 heterocycles. The van der Waals surface area contributed by atoms with Crippen LogP contribution < -0.4 is 5.32 Å². The Bertz CT molecular complexity index is 454. The lowest BCUT2D eigenvalue weighted by Gasteiger charge is -2.15. The van der Waals surface area contributed by atoms with E-state index in [1.54, 1.807) is 0 Å². The molecule has 0 aliphatic carbocycles. The van der Waals surface area contributed by atoms with Crippen molar-refractivity contribution in [3.05, 3.63) is 24.3 Å². The number of nitrogens with one attached hydrogen (secondary N) is 1. The van der Waals surface area contributed by atoms with Gasteiger partial charge in [-0.15, -0.1) is 0 Å². The van der Waals surface area contributed by atoms with Crippen LogP contribution in [0.4, 0.5) is 5.69 Å². The zero-order valence-electron chi connectivity index (χ0n) is 9.01. The molecule has 1 aromatic rings. The molecular formula is C10H14NO4S. The Kier molecular flexibility index (Phi) is 3.90. The zero-order chi connectivity index (χ0) is 12.3. The van der Waals surface area contributed by atoms with E-state index in [0.29, 0.717) is 0 Å². The average Bonchev–Trinajstić information content (AvgIpc) is 2.17.